The summed E-state index contributed by atoms with van der Waals surface area (Å²) in [7, 11) is 4.27. The van der Waals surface area contributed by atoms with Gasteiger partial charge < -0.3 is 14.8 Å². The highest BCUT2D eigenvalue weighted by Crippen LogP contribution is 2.22. The van der Waals surface area contributed by atoms with Gasteiger partial charge in [-0.3, -0.25) is 14.5 Å². The van der Waals surface area contributed by atoms with Gasteiger partial charge in [0.25, 0.3) is 0 Å². The first kappa shape index (κ1) is 48.9. The van der Waals surface area contributed by atoms with E-state index in [1.807, 2.05) is 0 Å². The predicted octanol–water partition coefficient (Wildman–Crippen LogP) is 12.0. The number of hydrogen-bond donors (Lipinski definition) is 1. The maximum Gasteiger partial charge on any atom is 0.305 e. The third kappa shape index (κ3) is 31.6. The second-order valence-electron chi connectivity index (χ2n) is 17.5. The Balaban J connectivity index is 3.94. The van der Waals surface area contributed by atoms with Crippen molar-refractivity contribution in [3.8, 4) is 0 Å². The van der Waals surface area contributed by atoms with Crippen molar-refractivity contribution in [1.29, 1.82) is 0 Å². The van der Waals surface area contributed by atoms with Crippen molar-refractivity contribution in [2.45, 2.75) is 203 Å². The fraction of sp³-hybridized carbons (Fsp3) is 0.955. The van der Waals surface area contributed by atoms with E-state index in [1.165, 1.54) is 89.9 Å². The molecule has 0 aromatic heterocycles. The smallest absolute Gasteiger partial charge is 0.305 e. The first-order valence-electron chi connectivity index (χ1n) is 21.5. The van der Waals surface area contributed by atoms with Crippen LogP contribution in [0.15, 0.2) is 0 Å². The van der Waals surface area contributed by atoms with Crippen LogP contribution in [0.2, 0.25) is 0 Å². The maximum atomic E-state index is 12.3. The van der Waals surface area contributed by atoms with Crippen LogP contribution >= 0.6 is 0 Å². The summed E-state index contributed by atoms with van der Waals surface area (Å²) < 4.78 is 11.3. The number of rotatable bonds is 35. The molecule has 2 atom stereocenters. The van der Waals surface area contributed by atoms with Crippen molar-refractivity contribution < 1.29 is 19.1 Å². The second-order valence-corrected chi connectivity index (χ2v) is 17.5. The molecule has 0 spiro atoms. The summed E-state index contributed by atoms with van der Waals surface area (Å²) in [5, 5.41) is 3.79. The normalized spacial score (nSPS) is 13.9. The number of carbonyl (C=O) groups excluding carboxylic acids is 2. The van der Waals surface area contributed by atoms with Crippen LogP contribution in [0.25, 0.3) is 0 Å². The van der Waals surface area contributed by atoms with Gasteiger partial charge in [-0.2, -0.15) is 0 Å². The lowest BCUT2D eigenvalue weighted by molar-refractivity contribution is -0.146. The molecule has 0 aliphatic carbocycles. The largest absolute Gasteiger partial charge is 0.465 e. The Labute approximate surface area is 312 Å². The predicted molar refractivity (Wildman–Crippen MR) is 215 cm³/mol. The van der Waals surface area contributed by atoms with Crippen molar-refractivity contribution in [2.24, 2.45) is 35.5 Å². The molecule has 0 aliphatic heterocycles. The molecular formula is C44H88N2O4. The summed E-state index contributed by atoms with van der Waals surface area (Å²) in [5.74, 6) is 3.48. The molecule has 0 rings (SSSR count). The Morgan fingerprint density at radius 1 is 0.480 bits per heavy atom. The van der Waals surface area contributed by atoms with E-state index in [4.69, 9.17) is 9.47 Å². The summed E-state index contributed by atoms with van der Waals surface area (Å²) in [6.45, 7) is 20.1. The number of nitrogens with one attached hydrogen (secondary N) is 1. The van der Waals surface area contributed by atoms with Gasteiger partial charge in [0, 0.05) is 25.6 Å². The number of unbranched alkanes of at least 4 members (excludes halogenated alkanes) is 12. The minimum atomic E-state index is -0.00612. The van der Waals surface area contributed by atoms with E-state index in [2.05, 4.69) is 79.7 Å². The Morgan fingerprint density at radius 3 is 1.14 bits per heavy atom. The average molecular weight is 709 g/mol. The summed E-state index contributed by atoms with van der Waals surface area (Å²) in [5.41, 5.74) is 0. The molecule has 6 heteroatoms. The Bertz CT molecular complexity index is 724. The van der Waals surface area contributed by atoms with Crippen LogP contribution in [0.1, 0.15) is 197 Å². The summed E-state index contributed by atoms with van der Waals surface area (Å²) in [6, 6.07) is 0.607. The zero-order valence-electron chi connectivity index (χ0n) is 35.3. The van der Waals surface area contributed by atoms with Crippen LogP contribution in [-0.4, -0.2) is 56.9 Å². The molecular weight excluding hydrogens is 620 g/mol. The first-order chi connectivity index (χ1) is 23.8. The molecule has 0 aliphatic rings. The highest BCUT2D eigenvalue weighted by Gasteiger charge is 2.18. The number of esters is 2. The third-order valence-electron chi connectivity index (χ3n) is 10.6. The molecule has 0 radical (unpaired) electrons. The van der Waals surface area contributed by atoms with Gasteiger partial charge in [-0.05, 0) is 88.1 Å². The minimum Gasteiger partial charge on any atom is -0.465 e. The third-order valence-corrected chi connectivity index (χ3v) is 10.6. The fourth-order valence-corrected chi connectivity index (χ4v) is 6.61. The van der Waals surface area contributed by atoms with Crippen molar-refractivity contribution in [3.63, 3.8) is 0 Å². The topological polar surface area (TPSA) is 67.9 Å². The molecule has 298 valence electrons. The summed E-state index contributed by atoms with van der Waals surface area (Å²) in [6.07, 6.45) is 25.3. The van der Waals surface area contributed by atoms with Crippen LogP contribution in [0.4, 0.5) is 0 Å². The fourth-order valence-electron chi connectivity index (χ4n) is 6.61. The van der Waals surface area contributed by atoms with E-state index < -0.39 is 0 Å². The van der Waals surface area contributed by atoms with E-state index >= 15 is 0 Å². The number of ether oxygens (including phenoxy) is 2. The molecule has 1 N–H and O–H groups in total. The van der Waals surface area contributed by atoms with E-state index in [0.717, 1.165) is 45.2 Å². The van der Waals surface area contributed by atoms with Crippen molar-refractivity contribution >= 4 is 11.9 Å². The second kappa shape index (κ2) is 32.5. The first-order valence-corrected chi connectivity index (χ1v) is 21.5. The van der Waals surface area contributed by atoms with E-state index in [1.54, 1.807) is 0 Å². The van der Waals surface area contributed by atoms with Crippen LogP contribution in [-0.2, 0) is 19.1 Å². The van der Waals surface area contributed by atoms with Gasteiger partial charge >= 0.3 is 11.9 Å². The van der Waals surface area contributed by atoms with Gasteiger partial charge in [0.05, 0.1) is 13.2 Å². The highest BCUT2D eigenvalue weighted by atomic mass is 16.5. The van der Waals surface area contributed by atoms with Gasteiger partial charge in [-0.1, -0.05) is 145 Å². The molecule has 0 aromatic carbocycles. The van der Waals surface area contributed by atoms with Gasteiger partial charge in [-0.15, -0.1) is 0 Å². The molecule has 0 fully saturated rings. The number of hydrogen-bond acceptors (Lipinski definition) is 6. The van der Waals surface area contributed by atoms with Crippen LogP contribution in [0.5, 0.6) is 0 Å². The summed E-state index contributed by atoms with van der Waals surface area (Å²) in [4.78, 5) is 26.7. The zero-order valence-corrected chi connectivity index (χ0v) is 35.3. The van der Waals surface area contributed by atoms with Gasteiger partial charge in [0.2, 0.25) is 0 Å². The Kier molecular flexibility index (Phi) is 31.8. The molecule has 2 unspecified atom stereocenters. The lowest BCUT2D eigenvalue weighted by atomic mass is 9.89. The van der Waals surface area contributed by atoms with Gasteiger partial charge in [-0.25, -0.2) is 0 Å². The SMILES string of the molecule is CC(C)CCC(COC(=O)CCCCCCCCCC(CCCCCCCCCC(=O)OCC(CCC(C)C)C(C)C)NCN(C)C)C(C)C. The van der Waals surface area contributed by atoms with Crippen LogP contribution < -0.4 is 5.32 Å². The molecule has 6 nitrogen and oxygen atoms in total. The highest BCUT2D eigenvalue weighted by molar-refractivity contribution is 5.69. The monoisotopic (exact) mass is 709 g/mol. The van der Waals surface area contributed by atoms with Crippen LogP contribution in [0, 0.1) is 35.5 Å². The molecule has 0 amide bonds. The molecule has 0 aromatic rings. The molecule has 0 heterocycles. The average Bonchev–Trinajstić information content (AvgIpc) is 3.04. The number of nitrogens with zero attached hydrogens (tertiary/aromatic N) is 1. The van der Waals surface area contributed by atoms with Crippen molar-refractivity contribution in [3.05, 3.63) is 0 Å². The number of carbonyl (C=O) groups is 2. The Morgan fingerprint density at radius 2 is 0.820 bits per heavy atom. The molecule has 0 saturated heterocycles. The van der Waals surface area contributed by atoms with E-state index in [-0.39, 0.29) is 11.9 Å². The molecule has 0 saturated carbocycles. The quantitative estimate of drug-likeness (QED) is 0.0401. The molecule has 50 heavy (non-hydrogen) atoms. The maximum absolute atomic E-state index is 12.3. The van der Waals surface area contributed by atoms with Crippen LogP contribution in [0.3, 0.4) is 0 Å². The van der Waals surface area contributed by atoms with Gasteiger partial charge in [0.15, 0.2) is 0 Å². The standard InChI is InChI=1S/C44H88N2O4/c1-36(2)29-31-40(38(5)6)33-49-43(47)27-23-19-15-11-13-17-21-25-42(45-35-46(9)10)26-22-18-14-12-16-20-24-28-44(48)50-34-41(39(7)8)32-30-37(3)4/h36-42,45H,11-35H2,1-10H3. The minimum absolute atomic E-state index is 0.00612. The zero-order chi connectivity index (χ0) is 37.6. The summed E-state index contributed by atoms with van der Waals surface area (Å²) >= 11 is 0. The van der Waals surface area contributed by atoms with Gasteiger partial charge in [0.1, 0.15) is 0 Å². The van der Waals surface area contributed by atoms with E-state index in [0.29, 0.717) is 67.6 Å². The Hall–Kier alpha value is -1.14. The van der Waals surface area contributed by atoms with E-state index in [9.17, 15) is 9.59 Å². The van der Waals surface area contributed by atoms with Crippen molar-refractivity contribution in [1.82, 2.24) is 10.2 Å². The van der Waals surface area contributed by atoms with Crippen molar-refractivity contribution in [2.75, 3.05) is 34.0 Å². The lowest BCUT2D eigenvalue weighted by Gasteiger charge is -2.21. The lowest BCUT2D eigenvalue weighted by Crippen LogP contribution is -2.36. The molecule has 0 bridgehead atoms.